The van der Waals surface area contributed by atoms with Crippen LogP contribution in [0.5, 0.6) is 5.75 Å². The van der Waals surface area contributed by atoms with Crippen LogP contribution in [0.25, 0.3) is 0 Å². The first kappa shape index (κ1) is 19.5. The van der Waals surface area contributed by atoms with Gasteiger partial charge >= 0.3 is 0 Å². The highest BCUT2D eigenvalue weighted by atomic mass is 35.5. The summed E-state index contributed by atoms with van der Waals surface area (Å²) >= 11 is 6.12. The molecular formula is C23H19ClN4O3. The number of nitrogens with zero attached hydrogens (tertiary/aromatic N) is 4. The summed E-state index contributed by atoms with van der Waals surface area (Å²) in [5.74, 6) is 0.167. The highest BCUT2D eigenvalue weighted by molar-refractivity contribution is 6.30. The molecule has 8 heteroatoms. The summed E-state index contributed by atoms with van der Waals surface area (Å²) in [6, 6.07) is 14.3. The molecule has 2 aliphatic rings. The molecule has 1 saturated heterocycles. The van der Waals surface area contributed by atoms with Crippen molar-refractivity contribution in [1.29, 1.82) is 0 Å². The summed E-state index contributed by atoms with van der Waals surface area (Å²) in [6.07, 6.45) is 5.27. The van der Waals surface area contributed by atoms with Gasteiger partial charge in [-0.3, -0.25) is 19.6 Å². The number of carbonyl (C=O) groups excluding carboxylic acids is 2. The summed E-state index contributed by atoms with van der Waals surface area (Å²) in [4.78, 5) is 38.7. The van der Waals surface area contributed by atoms with Crippen molar-refractivity contribution < 1.29 is 14.3 Å². The SMILES string of the molecule is O=C(COc1cccnc1)N1CCN2C(=O)c3cccnc3CC12c1ccc(Cl)cc1. The lowest BCUT2D eigenvalue weighted by Gasteiger charge is -2.46. The fourth-order valence-electron chi connectivity index (χ4n) is 4.45. The number of halogens is 1. The van der Waals surface area contributed by atoms with Crippen molar-refractivity contribution in [3.8, 4) is 5.75 Å². The van der Waals surface area contributed by atoms with E-state index in [9.17, 15) is 9.59 Å². The molecule has 0 spiro atoms. The molecule has 2 aromatic heterocycles. The number of ether oxygens (including phenoxy) is 1. The number of aromatic nitrogens is 2. The molecule has 4 heterocycles. The van der Waals surface area contributed by atoms with Gasteiger partial charge in [0.2, 0.25) is 0 Å². The Kier molecular flexibility index (Phi) is 4.82. The third kappa shape index (κ3) is 3.21. The average Bonchev–Trinajstić information content (AvgIpc) is 3.19. The normalized spacial score (nSPS) is 19.7. The number of hydrogen-bond acceptors (Lipinski definition) is 5. The van der Waals surface area contributed by atoms with Crippen LogP contribution in [0.2, 0.25) is 5.02 Å². The first-order valence-electron chi connectivity index (χ1n) is 9.95. The largest absolute Gasteiger partial charge is 0.482 e. The standard InChI is InChI=1S/C23H19ClN4O3/c24-17-7-5-16(6-8-17)23-13-20-19(4-2-10-26-20)22(30)28(23)12-11-27(23)21(29)15-31-18-3-1-9-25-14-18/h1-10,14H,11-13,15H2. The van der Waals surface area contributed by atoms with E-state index in [0.717, 1.165) is 5.56 Å². The molecule has 156 valence electrons. The molecule has 0 bridgehead atoms. The van der Waals surface area contributed by atoms with E-state index in [4.69, 9.17) is 16.3 Å². The zero-order chi connectivity index (χ0) is 21.4. The minimum Gasteiger partial charge on any atom is -0.482 e. The lowest BCUT2D eigenvalue weighted by atomic mass is 9.86. The monoisotopic (exact) mass is 434 g/mol. The topological polar surface area (TPSA) is 75.6 Å². The second-order valence-corrected chi connectivity index (χ2v) is 7.91. The quantitative estimate of drug-likeness (QED) is 0.631. The summed E-state index contributed by atoms with van der Waals surface area (Å²) < 4.78 is 5.66. The van der Waals surface area contributed by atoms with Crippen molar-refractivity contribution in [1.82, 2.24) is 19.8 Å². The maximum absolute atomic E-state index is 13.4. The Labute approximate surface area is 184 Å². The average molecular weight is 435 g/mol. The molecule has 31 heavy (non-hydrogen) atoms. The number of carbonyl (C=O) groups is 2. The van der Waals surface area contributed by atoms with E-state index in [1.165, 1.54) is 0 Å². The molecule has 2 aliphatic heterocycles. The molecule has 0 saturated carbocycles. The Morgan fingerprint density at radius 2 is 1.90 bits per heavy atom. The van der Waals surface area contributed by atoms with E-state index in [0.29, 0.717) is 41.5 Å². The lowest BCUT2D eigenvalue weighted by molar-refractivity contribution is -0.141. The third-order valence-corrected chi connectivity index (χ3v) is 6.08. The van der Waals surface area contributed by atoms with Crippen LogP contribution in [0.3, 0.4) is 0 Å². The van der Waals surface area contributed by atoms with E-state index in [1.54, 1.807) is 64.8 Å². The number of rotatable bonds is 4. The summed E-state index contributed by atoms with van der Waals surface area (Å²) in [7, 11) is 0. The molecule has 0 radical (unpaired) electrons. The maximum atomic E-state index is 13.4. The van der Waals surface area contributed by atoms with Crippen molar-refractivity contribution in [2.75, 3.05) is 19.7 Å². The van der Waals surface area contributed by atoms with Gasteiger partial charge < -0.3 is 14.5 Å². The summed E-state index contributed by atoms with van der Waals surface area (Å²) in [6.45, 7) is 0.671. The van der Waals surface area contributed by atoms with Crippen molar-refractivity contribution in [3.05, 3.63) is 89.0 Å². The van der Waals surface area contributed by atoms with Gasteiger partial charge in [0.25, 0.3) is 11.8 Å². The Balaban J connectivity index is 1.55. The van der Waals surface area contributed by atoms with E-state index < -0.39 is 5.66 Å². The molecule has 0 N–H and O–H groups in total. The molecule has 1 unspecified atom stereocenters. The number of amides is 2. The Morgan fingerprint density at radius 3 is 2.68 bits per heavy atom. The minimum atomic E-state index is -0.974. The summed E-state index contributed by atoms with van der Waals surface area (Å²) in [5, 5.41) is 0.586. The highest BCUT2D eigenvalue weighted by Crippen LogP contribution is 2.44. The first-order valence-corrected chi connectivity index (χ1v) is 10.3. The zero-order valence-corrected chi connectivity index (χ0v) is 17.3. The van der Waals surface area contributed by atoms with Crippen molar-refractivity contribution >= 4 is 23.4 Å². The Morgan fingerprint density at radius 1 is 1.10 bits per heavy atom. The zero-order valence-electron chi connectivity index (χ0n) is 16.6. The van der Waals surface area contributed by atoms with Gasteiger partial charge in [0.1, 0.15) is 11.4 Å². The van der Waals surface area contributed by atoms with E-state index >= 15 is 0 Å². The van der Waals surface area contributed by atoms with Crippen LogP contribution in [0.1, 0.15) is 21.6 Å². The van der Waals surface area contributed by atoms with Gasteiger partial charge in [0.15, 0.2) is 6.61 Å². The van der Waals surface area contributed by atoms with Crippen molar-refractivity contribution in [2.45, 2.75) is 12.1 Å². The van der Waals surface area contributed by atoms with Gasteiger partial charge in [0, 0.05) is 36.9 Å². The first-order chi connectivity index (χ1) is 15.1. The number of benzene rings is 1. The van der Waals surface area contributed by atoms with E-state index in [-0.39, 0.29) is 18.4 Å². The molecule has 1 fully saturated rings. The molecule has 1 atom stereocenters. The summed E-state index contributed by atoms with van der Waals surface area (Å²) in [5.41, 5.74) is 1.09. The van der Waals surface area contributed by atoms with Crippen LogP contribution in [0.15, 0.2) is 67.1 Å². The fourth-order valence-corrected chi connectivity index (χ4v) is 4.57. The van der Waals surface area contributed by atoms with Crippen LogP contribution in [0, 0.1) is 0 Å². The van der Waals surface area contributed by atoms with E-state index in [1.807, 2.05) is 12.1 Å². The second-order valence-electron chi connectivity index (χ2n) is 7.48. The highest BCUT2D eigenvalue weighted by Gasteiger charge is 2.56. The number of fused-ring (bicyclic) bond motifs is 2. The predicted octanol–water partition coefficient (Wildman–Crippen LogP) is 2.90. The van der Waals surface area contributed by atoms with Crippen molar-refractivity contribution in [3.63, 3.8) is 0 Å². The maximum Gasteiger partial charge on any atom is 0.262 e. The second kappa shape index (κ2) is 7.67. The smallest absolute Gasteiger partial charge is 0.262 e. The van der Waals surface area contributed by atoms with Gasteiger partial charge in [-0.05, 0) is 42.0 Å². The van der Waals surface area contributed by atoms with Gasteiger partial charge in [-0.25, -0.2) is 0 Å². The number of pyridine rings is 2. The van der Waals surface area contributed by atoms with Gasteiger partial charge in [-0.1, -0.05) is 23.7 Å². The Hall–Kier alpha value is -3.45. The van der Waals surface area contributed by atoms with Crippen LogP contribution in [0.4, 0.5) is 0 Å². The van der Waals surface area contributed by atoms with Crippen molar-refractivity contribution in [2.24, 2.45) is 0 Å². The lowest BCUT2D eigenvalue weighted by Crippen LogP contribution is -2.59. The number of hydrogen-bond donors (Lipinski definition) is 0. The predicted molar refractivity (Wildman–Crippen MR) is 114 cm³/mol. The fraction of sp³-hybridized carbons (Fsp3) is 0.217. The third-order valence-electron chi connectivity index (χ3n) is 5.82. The van der Waals surface area contributed by atoms with Crippen LogP contribution in [-0.4, -0.2) is 51.3 Å². The molecular weight excluding hydrogens is 416 g/mol. The molecule has 7 nitrogen and oxygen atoms in total. The van der Waals surface area contributed by atoms with Crippen LogP contribution >= 0.6 is 11.6 Å². The van der Waals surface area contributed by atoms with E-state index in [2.05, 4.69) is 9.97 Å². The van der Waals surface area contributed by atoms with Crippen LogP contribution < -0.4 is 4.74 Å². The molecule has 3 aromatic rings. The molecule has 1 aromatic carbocycles. The van der Waals surface area contributed by atoms with Crippen LogP contribution in [-0.2, 0) is 16.9 Å². The minimum absolute atomic E-state index is 0.132. The molecule has 5 rings (SSSR count). The van der Waals surface area contributed by atoms with Gasteiger partial charge in [-0.15, -0.1) is 0 Å². The van der Waals surface area contributed by atoms with Gasteiger partial charge in [-0.2, -0.15) is 0 Å². The molecule has 0 aliphatic carbocycles. The molecule has 2 amide bonds. The Bertz CT molecular complexity index is 1140. The van der Waals surface area contributed by atoms with Gasteiger partial charge in [0.05, 0.1) is 17.5 Å².